The maximum atomic E-state index is 14.5. The van der Waals surface area contributed by atoms with Gasteiger partial charge in [0.2, 0.25) is 0 Å². The van der Waals surface area contributed by atoms with E-state index in [2.05, 4.69) is 27.2 Å². The van der Waals surface area contributed by atoms with Crippen LogP contribution in [0.25, 0.3) is 11.3 Å². The lowest BCUT2D eigenvalue weighted by molar-refractivity contribution is 0.0464. The van der Waals surface area contributed by atoms with Crippen molar-refractivity contribution in [3.63, 3.8) is 0 Å². The molecule has 1 spiro atoms. The highest BCUT2D eigenvalue weighted by atomic mass is 19.3. The fourth-order valence-electron chi connectivity index (χ4n) is 6.36. The summed E-state index contributed by atoms with van der Waals surface area (Å²) in [6.45, 7) is 5.43. The first-order valence-corrected chi connectivity index (χ1v) is 12.7. The van der Waals surface area contributed by atoms with Gasteiger partial charge in [-0.05, 0) is 61.9 Å². The summed E-state index contributed by atoms with van der Waals surface area (Å²) in [4.78, 5) is 23.6. The number of aromatic nitrogens is 4. The number of hydrogen-bond donors (Lipinski definition) is 2. The van der Waals surface area contributed by atoms with Crippen molar-refractivity contribution in [2.75, 3.05) is 18.4 Å². The van der Waals surface area contributed by atoms with Crippen molar-refractivity contribution in [1.82, 2.24) is 30.0 Å². The number of urea groups is 1. The smallest absolute Gasteiger partial charge is 0.318 e. The average Bonchev–Trinajstić information content (AvgIpc) is 3.62. The molecule has 190 valence electrons. The van der Waals surface area contributed by atoms with Crippen molar-refractivity contribution < 1.29 is 13.6 Å². The molecule has 0 aromatic carbocycles. The molecule has 37 heavy (non-hydrogen) atoms. The van der Waals surface area contributed by atoms with Gasteiger partial charge in [-0.1, -0.05) is 6.58 Å². The van der Waals surface area contributed by atoms with Gasteiger partial charge in [0.15, 0.2) is 0 Å². The molecule has 2 N–H and O–H groups in total. The van der Waals surface area contributed by atoms with Crippen molar-refractivity contribution >= 4 is 11.8 Å². The summed E-state index contributed by atoms with van der Waals surface area (Å²) in [7, 11) is 0. The normalized spacial score (nSPS) is 24.5. The summed E-state index contributed by atoms with van der Waals surface area (Å²) in [5, 5.41) is 10.6. The molecule has 1 saturated heterocycles. The Morgan fingerprint density at radius 2 is 1.89 bits per heavy atom. The highest BCUT2D eigenvalue weighted by Gasteiger charge is 2.49. The number of hydrogen-bond acceptors (Lipinski definition) is 5. The summed E-state index contributed by atoms with van der Waals surface area (Å²) in [5.41, 5.74) is 2.28. The van der Waals surface area contributed by atoms with Gasteiger partial charge >= 0.3 is 12.0 Å². The topological polar surface area (TPSA) is 88.0 Å². The summed E-state index contributed by atoms with van der Waals surface area (Å²) in [5.74, 6) is -3.04. The van der Waals surface area contributed by atoms with E-state index in [0.717, 1.165) is 49.9 Å². The van der Waals surface area contributed by atoms with Crippen LogP contribution in [0.4, 0.5) is 19.4 Å². The Hall–Kier alpha value is -3.82. The molecule has 3 aromatic rings. The molecule has 3 aliphatic heterocycles. The zero-order chi connectivity index (χ0) is 25.4. The maximum Gasteiger partial charge on any atom is 0.318 e. The van der Waals surface area contributed by atoms with E-state index in [1.807, 2.05) is 27.8 Å². The Kier molecular flexibility index (Phi) is 4.59. The van der Waals surface area contributed by atoms with Crippen LogP contribution in [0.1, 0.15) is 48.9 Å². The number of nitrogens with one attached hydrogen (secondary N) is 2. The van der Waals surface area contributed by atoms with Crippen LogP contribution in [0, 0.1) is 0 Å². The summed E-state index contributed by atoms with van der Waals surface area (Å²) in [6, 6.07) is 7.36. The van der Waals surface area contributed by atoms with Crippen molar-refractivity contribution in [2.45, 2.75) is 55.5 Å². The number of amides is 2. The SMILES string of the molecule is C=C1Nc2ncc(-c3cc4n(n3)CCC43CCN(C(=O)NC4(c5ccncc5)CCC4)C3)cc2C1(F)F. The fraction of sp³-hybridized carbons (Fsp3) is 0.407. The lowest BCUT2D eigenvalue weighted by Gasteiger charge is -2.43. The number of fused-ring (bicyclic) bond motifs is 3. The first-order valence-electron chi connectivity index (χ1n) is 12.7. The molecule has 8 nitrogen and oxygen atoms in total. The van der Waals surface area contributed by atoms with E-state index in [1.54, 1.807) is 18.6 Å². The number of aryl methyl sites for hydroxylation is 1. The molecule has 10 heteroatoms. The Morgan fingerprint density at radius 1 is 1.11 bits per heavy atom. The largest absolute Gasteiger partial charge is 0.338 e. The lowest BCUT2D eigenvalue weighted by Crippen LogP contribution is -2.54. The highest BCUT2D eigenvalue weighted by Crippen LogP contribution is 2.47. The molecule has 3 aromatic heterocycles. The highest BCUT2D eigenvalue weighted by molar-refractivity contribution is 5.76. The Balaban J connectivity index is 1.12. The van der Waals surface area contributed by atoms with Crippen LogP contribution >= 0.6 is 0 Å². The Bertz CT molecular complexity index is 1430. The van der Waals surface area contributed by atoms with Crippen LogP contribution in [0.2, 0.25) is 0 Å². The van der Waals surface area contributed by atoms with Gasteiger partial charge in [-0.15, -0.1) is 0 Å². The first-order chi connectivity index (χ1) is 17.8. The van der Waals surface area contributed by atoms with Crippen LogP contribution in [-0.2, 0) is 23.4 Å². The summed E-state index contributed by atoms with van der Waals surface area (Å²) >= 11 is 0. The van der Waals surface area contributed by atoms with Crippen LogP contribution in [0.3, 0.4) is 0 Å². The van der Waals surface area contributed by atoms with E-state index < -0.39 is 5.92 Å². The molecule has 0 radical (unpaired) electrons. The molecule has 7 rings (SSSR count). The molecular formula is C27H27F2N7O. The quantitative estimate of drug-likeness (QED) is 0.549. The van der Waals surface area contributed by atoms with Crippen LogP contribution < -0.4 is 10.6 Å². The Labute approximate surface area is 212 Å². The van der Waals surface area contributed by atoms with Crippen LogP contribution in [-0.4, -0.2) is 43.8 Å². The van der Waals surface area contributed by atoms with Gasteiger partial charge in [-0.2, -0.15) is 13.9 Å². The van der Waals surface area contributed by atoms with Crippen LogP contribution in [0.5, 0.6) is 0 Å². The molecule has 1 atom stereocenters. The standard InChI is InChI=1S/C27H27F2N7O/c1-17-27(28,29)20-13-18(15-31-23(20)32-17)21-14-22-25(8-12-36(22)34-21)7-11-35(16-25)24(37)33-26(5-2-6-26)19-3-9-30-10-4-19/h3-4,9-10,13-15H,1-2,5-8,11-12,16H2,(H,31,32)(H,33,37). The van der Waals surface area contributed by atoms with Gasteiger partial charge in [-0.3, -0.25) is 9.67 Å². The fourth-order valence-corrected chi connectivity index (χ4v) is 6.36. The third-order valence-corrected chi connectivity index (χ3v) is 8.72. The van der Waals surface area contributed by atoms with Crippen LogP contribution in [0.15, 0.2) is 55.1 Å². The predicted octanol–water partition coefficient (Wildman–Crippen LogP) is 4.51. The third kappa shape index (κ3) is 3.24. The number of anilines is 1. The zero-order valence-electron chi connectivity index (χ0n) is 20.3. The molecule has 4 aliphatic rings. The Morgan fingerprint density at radius 3 is 2.65 bits per heavy atom. The minimum atomic E-state index is -3.17. The molecule has 6 heterocycles. The number of carbonyl (C=O) groups excluding carboxylic acids is 1. The number of pyridine rings is 2. The van der Waals surface area contributed by atoms with E-state index in [4.69, 9.17) is 5.10 Å². The number of likely N-dealkylation sites (tertiary alicyclic amines) is 1. The average molecular weight is 504 g/mol. The molecule has 1 aliphatic carbocycles. The van der Waals surface area contributed by atoms with Gasteiger partial charge < -0.3 is 15.5 Å². The van der Waals surface area contributed by atoms with E-state index in [1.165, 1.54) is 6.07 Å². The van der Waals surface area contributed by atoms with Crippen molar-refractivity contribution in [3.05, 3.63) is 72.0 Å². The molecule has 2 fully saturated rings. The maximum absolute atomic E-state index is 14.5. The minimum Gasteiger partial charge on any atom is -0.338 e. The number of allylic oxidation sites excluding steroid dienone is 1. The lowest BCUT2D eigenvalue weighted by atomic mass is 9.72. The van der Waals surface area contributed by atoms with Gasteiger partial charge in [0.1, 0.15) is 5.82 Å². The second-order valence-electron chi connectivity index (χ2n) is 10.7. The number of alkyl halides is 2. The van der Waals surface area contributed by atoms with E-state index in [0.29, 0.717) is 24.3 Å². The molecule has 1 unspecified atom stereocenters. The van der Waals surface area contributed by atoms with E-state index in [9.17, 15) is 13.6 Å². The van der Waals surface area contributed by atoms with Gasteiger partial charge in [-0.25, -0.2) is 9.78 Å². The number of nitrogens with zero attached hydrogens (tertiary/aromatic N) is 5. The monoisotopic (exact) mass is 503 g/mol. The molecule has 1 saturated carbocycles. The molecule has 2 amide bonds. The van der Waals surface area contributed by atoms with Gasteiger partial charge in [0.25, 0.3) is 0 Å². The minimum absolute atomic E-state index is 0.0376. The summed E-state index contributed by atoms with van der Waals surface area (Å²) < 4.78 is 31.0. The second-order valence-corrected chi connectivity index (χ2v) is 10.7. The predicted molar refractivity (Wildman–Crippen MR) is 133 cm³/mol. The first kappa shape index (κ1) is 22.4. The van der Waals surface area contributed by atoms with Crippen molar-refractivity contribution in [2.24, 2.45) is 0 Å². The van der Waals surface area contributed by atoms with E-state index >= 15 is 0 Å². The number of rotatable bonds is 3. The summed E-state index contributed by atoms with van der Waals surface area (Å²) in [6.07, 6.45) is 9.79. The molecular weight excluding hydrogens is 476 g/mol. The van der Waals surface area contributed by atoms with Crippen molar-refractivity contribution in [1.29, 1.82) is 0 Å². The number of carbonyl (C=O) groups is 1. The zero-order valence-corrected chi connectivity index (χ0v) is 20.3. The number of halogens is 2. The third-order valence-electron chi connectivity index (χ3n) is 8.72. The molecule has 0 bridgehead atoms. The van der Waals surface area contributed by atoms with E-state index in [-0.39, 0.29) is 34.1 Å². The van der Waals surface area contributed by atoms with Gasteiger partial charge in [0, 0.05) is 54.9 Å². The second kappa shape index (κ2) is 7.60. The van der Waals surface area contributed by atoms with Crippen molar-refractivity contribution in [3.8, 4) is 11.3 Å². The van der Waals surface area contributed by atoms with Gasteiger partial charge in [0.05, 0.1) is 22.5 Å².